The molecule has 1 aromatic rings. The molecule has 0 saturated carbocycles. The predicted octanol–water partition coefficient (Wildman–Crippen LogP) is 3.06. The second-order valence-corrected chi connectivity index (χ2v) is 3.73. The Morgan fingerprint density at radius 2 is 1.88 bits per heavy atom. The Morgan fingerprint density at radius 3 is 2.41 bits per heavy atom. The van der Waals surface area contributed by atoms with E-state index in [1.165, 1.54) is 12.1 Å². The maximum Gasteiger partial charge on any atom is 0.416 e. The first kappa shape index (κ1) is 11.7. The van der Waals surface area contributed by atoms with Crippen molar-refractivity contribution in [2.45, 2.75) is 12.7 Å². The van der Waals surface area contributed by atoms with Crippen molar-refractivity contribution in [1.29, 1.82) is 0 Å². The first-order valence-corrected chi connectivity index (χ1v) is 5.14. The fourth-order valence-electron chi connectivity index (χ4n) is 1.54. The number of halogens is 3. The lowest BCUT2D eigenvalue weighted by molar-refractivity contribution is -0.137. The lowest BCUT2D eigenvalue weighted by Crippen LogP contribution is -2.17. The third kappa shape index (κ3) is 3.09. The Morgan fingerprint density at radius 1 is 1.18 bits per heavy atom. The molecule has 2 rings (SSSR count). The van der Waals surface area contributed by atoms with Crippen molar-refractivity contribution in [2.75, 3.05) is 6.54 Å². The van der Waals surface area contributed by atoms with Crippen LogP contribution in [0.15, 0.2) is 41.5 Å². The molecule has 0 N–H and O–H groups in total. The van der Waals surface area contributed by atoms with Crippen LogP contribution in [0.5, 0.6) is 0 Å². The molecule has 0 atom stereocenters. The van der Waals surface area contributed by atoms with Crippen LogP contribution in [0.4, 0.5) is 13.2 Å². The van der Waals surface area contributed by atoms with Crippen LogP contribution < -0.4 is 0 Å². The largest absolute Gasteiger partial charge is 0.416 e. The van der Waals surface area contributed by atoms with E-state index in [0.717, 1.165) is 17.7 Å². The van der Waals surface area contributed by atoms with E-state index in [1.807, 2.05) is 17.2 Å². The molecule has 1 aromatic carbocycles. The molecule has 0 aliphatic carbocycles. The lowest BCUT2D eigenvalue weighted by atomic mass is 10.1. The highest BCUT2D eigenvalue weighted by atomic mass is 19.4. The van der Waals surface area contributed by atoms with Crippen LogP contribution in [0.3, 0.4) is 0 Å². The minimum Gasteiger partial charge on any atom is -0.335 e. The Balaban J connectivity index is 2.05. The van der Waals surface area contributed by atoms with Gasteiger partial charge in [0.2, 0.25) is 0 Å². The van der Waals surface area contributed by atoms with Gasteiger partial charge in [0.25, 0.3) is 0 Å². The molecule has 1 aliphatic heterocycles. The Hall–Kier alpha value is -1.78. The first-order chi connectivity index (χ1) is 8.05. The van der Waals surface area contributed by atoms with E-state index in [9.17, 15) is 13.2 Å². The van der Waals surface area contributed by atoms with Gasteiger partial charge in [0.15, 0.2) is 0 Å². The summed E-state index contributed by atoms with van der Waals surface area (Å²) in [7, 11) is 0. The van der Waals surface area contributed by atoms with Crippen molar-refractivity contribution in [1.82, 2.24) is 4.90 Å². The van der Waals surface area contributed by atoms with Crippen molar-refractivity contribution in [3.05, 3.63) is 47.7 Å². The minimum absolute atomic E-state index is 0.526. The van der Waals surface area contributed by atoms with Crippen molar-refractivity contribution >= 4 is 6.34 Å². The third-order valence-corrected chi connectivity index (χ3v) is 2.38. The van der Waals surface area contributed by atoms with E-state index in [4.69, 9.17) is 0 Å². The van der Waals surface area contributed by atoms with Gasteiger partial charge in [0.05, 0.1) is 18.4 Å². The summed E-state index contributed by atoms with van der Waals surface area (Å²) in [6, 6.07) is 5.17. The molecule has 5 heteroatoms. The van der Waals surface area contributed by atoms with Gasteiger partial charge in [-0.3, -0.25) is 4.99 Å². The number of rotatable bonds is 2. The van der Waals surface area contributed by atoms with Crippen LogP contribution in [0.25, 0.3) is 0 Å². The minimum atomic E-state index is -4.27. The van der Waals surface area contributed by atoms with Gasteiger partial charge in [0, 0.05) is 12.7 Å². The average Bonchev–Trinajstić information content (AvgIpc) is 2.30. The number of hydrogen-bond acceptors (Lipinski definition) is 2. The van der Waals surface area contributed by atoms with Gasteiger partial charge in [-0.2, -0.15) is 13.2 Å². The van der Waals surface area contributed by atoms with Gasteiger partial charge in [-0.05, 0) is 23.8 Å². The summed E-state index contributed by atoms with van der Waals surface area (Å²) in [5.74, 6) is 0. The fourth-order valence-corrected chi connectivity index (χ4v) is 1.54. The normalized spacial score (nSPS) is 15.4. The van der Waals surface area contributed by atoms with Crippen LogP contribution in [-0.4, -0.2) is 17.8 Å². The zero-order valence-corrected chi connectivity index (χ0v) is 8.98. The SMILES string of the molecule is FC(F)(F)c1ccc(CN2C=CCN=C2)cc1. The molecule has 0 amide bonds. The zero-order valence-electron chi connectivity index (χ0n) is 8.98. The molecule has 17 heavy (non-hydrogen) atoms. The van der Waals surface area contributed by atoms with Gasteiger partial charge >= 0.3 is 6.18 Å². The van der Waals surface area contributed by atoms with Crippen molar-refractivity contribution < 1.29 is 13.2 Å². The summed E-state index contributed by atoms with van der Waals surface area (Å²) in [5.41, 5.74) is 0.195. The highest BCUT2D eigenvalue weighted by Gasteiger charge is 2.29. The maximum absolute atomic E-state index is 12.3. The summed E-state index contributed by atoms with van der Waals surface area (Å²) >= 11 is 0. The summed E-state index contributed by atoms with van der Waals surface area (Å²) in [6.45, 7) is 1.18. The second-order valence-electron chi connectivity index (χ2n) is 3.73. The van der Waals surface area contributed by atoms with Crippen LogP contribution in [0, 0.1) is 0 Å². The highest BCUT2D eigenvalue weighted by Crippen LogP contribution is 2.29. The quantitative estimate of drug-likeness (QED) is 0.775. The van der Waals surface area contributed by atoms with Gasteiger partial charge < -0.3 is 4.90 Å². The van der Waals surface area contributed by atoms with Gasteiger partial charge in [-0.25, -0.2) is 0 Å². The Bertz CT molecular complexity index is 420. The maximum atomic E-state index is 12.3. The van der Waals surface area contributed by atoms with Crippen LogP contribution in [0.2, 0.25) is 0 Å². The van der Waals surface area contributed by atoms with Gasteiger partial charge in [-0.1, -0.05) is 12.1 Å². The molecule has 0 saturated heterocycles. The molecule has 0 unspecified atom stereocenters. The van der Waals surface area contributed by atoms with E-state index in [2.05, 4.69) is 4.99 Å². The monoisotopic (exact) mass is 240 g/mol. The molecule has 0 radical (unpaired) electrons. The Kier molecular flexibility index (Phi) is 3.17. The molecule has 0 aromatic heterocycles. The van der Waals surface area contributed by atoms with Crippen LogP contribution in [0.1, 0.15) is 11.1 Å². The third-order valence-electron chi connectivity index (χ3n) is 2.38. The van der Waals surface area contributed by atoms with Crippen molar-refractivity contribution in [3.63, 3.8) is 0 Å². The smallest absolute Gasteiger partial charge is 0.335 e. The predicted molar refractivity (Wildman–Crippen MR) is 59.5 cm³/mol. The van der Waals surface area contributed by atoms with E-state index >= 15 is 0 Å². The van der Waals surface area contributed by atoms with Crippen LogP contribution in [-0.2, 0) is 12.7 Å². The van der Waals surface area contributed by atoms with E-state index in [1.54, 1.807) is 6.34 Å². The second kappa shape index (κ2) is 4.61. The molecular formula is C12H11F3N2. The molecule has 1 aliphatic rings. The Labute approximate surface area is 97.1 Å². The number of nitrogens with zero attached hydrogens (tertiary/aromatic N) is 2. The van der Waals surface area contributed by atoms with E-state index in [-0.39, 0.29) is 0 Å². The first-order valence-electron chi connectivity index (χ1n) is 5.14. The van der Waals surface area contributed by atoms with Gasteiger partial charge in [0.1, 0.15) is 0 Å². The summed E-state index contributed by atoms with van der Waals surface area (Å²) in [5, 5.41) is 0. The molecule has 0 spiro atoms. The molecule has 2 nitrogen and oxygen atoms in total. The molecule has 1 heterocycles. The molecule has 0 fully saturated rings. The lowest BCUT2D eigenvalue weighted by Gasteiger charge is -2.17. The molecule has 90 valence electrons. The topological polar surface area (TPSA) is 15.6 Å². The number of hydrogen-bond donors (Lipinski definition) is 0. The molecular weight excluding hydrogens is 229 g/mol. The number of alkyl halides is 3. The molecule has 0 bridgehead atoms. The van der Waals surface area contributed by atoms with E-state index < -0.39 is 11.7 Å². The summed E-state index contributed by atoms with van der Waals surface area (Å²) in [6.07, 6.45) is 1.16. The summed E-state index contributed by atoms with van der Waals surface area (Å²) < 4.78 is 37.0. The number of aliphatic imine (C=N–C) groups is 1. The highest BCUT2D eigenvalue weighted by molar-refractivity contribution is 5.58. The zero-order chi connectivity index (χ0) is 12.3. The van der Waals surface area contributed by atoms with E-state index in [0.29, 0.717) is 13.1 Å². The fraction of sp³-hybridized carbons (Fsp3) is 0.250. The summed E-state index contributed by atoms with van der Waals surface area (Å²) in [4.78, 5) is 5.87. The van der Waals surface area contributed by atoms with Gasteiger partial charge in [-0.15, -0.1) is 0 Å². The van der Waals surface area contributed by atoms with Crippen molar-refractivity contribution in [3.8, 4) is 0 Å². The van der Waals surface area contributed by atoms with Crippen LogP contribution >= 0.6 is 0 Å². The standard InChI is InChI=1S/C12H11F3N2/c13-12(14,15)11-4-2-10(3-5-11)8-17-7-1-6-16-9-17/h1-5,7,9H,6,8H2. The van der Waals surface area contributed by atoms with Crippen molar-refractivity contribution in [2.24, 2.45) is 4.99 Å². The average molecular weight is 240 g/mol. The number of benzene rings is 1.